The maximum Gasteiger partial charge on any atom is 0.0715 e. The molecule has 1 aromatic rings. The van der Waals surface area contributed by atoms with Gasteiger partial charge in [0, 0.05) is 6.54 Å². The molecule has 2 atom stereocenters. The Morgan fingerprint density at radius 3 is 2.87 bits per heavy atom. The largest absolute Gasteiger partial charge is 0.397 e. The van der Waals surface area contributed by atoms with E-state index in [2.05, 4.69) is 4.90 Å². The predicted molar refractivity (Wildman–Crippen MR) is 62.9 cm³/mol. The van der Waals surface area contributed by atoms with Crippen molar-refractivity contribution in [3.8, 4) is 0 Å². The zero-order chi connectivity index (χ0) is 10.8. The number of hydrogen-bond acceptors (Lipinski definition) is 3. The van der Waals surface area contributed by atoms with Crippen LogP contribution in [-0.4, -0.2) is 23.8 Å². The number of nitrogen functional groups attached to an aromatic ring is 1. The van der Waals surface area contributed by atoms with E-state index in [-0.39, 0.29) is 12.1 Å². The van der Waals surface area contributed by atoms with Crippen LogP contribution in [0.2, 0.25) is 0 Å². The number of aliphatic hydroxyl groups excluding tert-OH is 1. The highest BCUT2D eigenvalue weighted by Crippen LogP contribution is 2.31. The molecule has 3 heteroatoms. The Bertz CT molecular complexity index is 338. The van der Waals surface area contributed by atoms with E-state index in [1.54, 1.807) is 0 Å². The average Bonchev–Trinajstić information content (AvgIpc) is 2.67. The summed E-state index contributed by atoms with van der Waals surface area (Å²) < 4.78 is 0. The molecule has 0 unspecified atom stereocenters. The van der Waals surface area contributed by atoms with Crippen LogP contribution in [0.25, 0.3) is 0 Å². The molecule has 1 saturated heterocycles. The van der Waals surface area contributed by atoms with Crippen LogP contribution >= 0.6 is 0 Å². The monoisotopic (exact) mass is 206 g/mol. The summed E-state index contributed by atoms with van der Waals surface area (Å²) in [6, 6.07) is 8.08. The summed E-state index contributed by atoms with van der Waals surface area (Å²) >= 11 is 0. The van der Waals surface area contributed by atoms with Crippen LogP contribution in [0.5, 0.6) is 0 Å². The molecule has 0 radical (unpaired) electrons. The van der Waals surface area contributed by atoms with Gasteiger partial charge in [0.05, 0.1) is 23.5 Å². The van der Waals surface area contributed by atoms with E-state index in [4.69, 9.17) is 5.73 Å². The van der Waals surface area contributed by atoms with Crippen molar-refractivity contribution in [2.45, 2.75) is 31.9 Å². The van der Waals surface area contributed by atoms with Crippen molar-refractivity contribution in [1.29, 1.82) is 0 Å². The van der Waals surface area contributed by atoms with Gasteiger partial charge in [0.1, 0.15) is 0 Å². The average molecular weight is 206 g/mol. The highest BCUT2D eigenvalue weighted by Gasteiger charge is 2.29. The molecule has 0 amide bonds. The number of aliphatic hydroxyl groups is 1. The first-order chi connectivity index (χ1) is 7.20. The van der Waals surface area contributed by atoms with Crippen molar-refractivity contribution >= 4 is 11.4 Å². The zero-order valence-electron chi connectivity index (χ0n) is 9.06. The number of nitrogens with two attached hydrogens (primary N) is 1. The molecule has 0 saturated carbocycles. The van der Waals surface area contributed by atoms with Gasteiger partial charge >= 0.3 is 0 Å². The molecule has 1 fully saturated rings. The van der Waals surface area contributed by atoms with Crippen molar-refractivity contribution in [3.63, 3.8) is 0 Å². The Morgan fingerprint density at radius 1 is 1.47 bits per heavy atom. The number of benzene rings is 1. The molecule has 2 rings (SSSR count). The molecule has 15 heavy (non-hydrogen) atoms. The van der Waals surface area contributed by atoms with E-state index in [0.717, 1.165) is 30.8 Å². The number of anilines is 2. The molecular formula is C12H18N2O. The second-order valence-electron chi connectivity index (χ2n) is 4.20. The Morgan fingerprint density at radius 2 is 2.20 bits per heavy atom. The number of nitrogens with zero attached hydrogens (tertiary/aromatic N) is 1. The van der Waals surface area contributed by atoms with Gasteiger partial charge < -0.3 is 15.7 Å². The maximum absolute atomic E-state index is 9.69. The fraction of sp³-hybridized carbons (Fsp3) is 0.500. The van der Waals surface area contributed by atoms with Gasteiger partial charge in [0.15, 0.2) is 0 Å². The fourth-order valence-corrected chi connectivity index (χ4v) is 2.34. The summed E-state index contributed by atoms with van der Waals surface area (Å²) in [7, 11) is 0. The standard InChI is InChI=1S/C12H18N2O/c1-9(15)11-7-4-8-14(11)12-6-3-2-5-10(12)13/h2-3,5-6,9,11,15H,4,7-8,13H2,1H3/t9-,11+/m1/s1. The first-order valence-corrected chi connectivity index (χ1v) is 5.49. The predicted octanol–water partition coefficient (Wildman–Crippen LogP) is 1.62. The third-order valence-electron chi connectivity index (χ3n) is 3.10. The maximum atomic E-state index is 9.69. The van der Waals surface area contributed by atoms with Crippen molar-refractivity contribution < 1.29 is 5.11 Å². The molecule has 1 aliphatic rings. The first-order valence-electron chi connectivity index (χ1n) is 5.49. The van der Waals surface area contributed by atoms with Crippen LogP contribution in [0.4, 0.5) is 11.4 Å². The van der Waals surface area contributed by atoms with Gasteiger partial charge in [0.25, 0.3) is 0 Å². The minimum atomic E-state index is -0.299. The van der Waals surface area contributed by atoms with E-state index in [9.17, 15) is 5.11 Å². The molecule has 3 nitrogen and oxygen atoms in total. The lowest BCUT2D eigenvalue weighted by molar-refractivity contribution is 0.164. The van der Waals surface area contributed by atoms with Gasteiger partial charge in [-0.25, -0.2) is 0 Å². The molecule has 1 aromatic carbocycles. The van der Waals surface area contributed by atoms with Crippen molar-refractivity contribution in [3.05, 3.63) is 24.3 Å². The van der Waals surface area contributed by atoms with Gasteiger partial charge in [-0.2, -0.15) is 0 Å². The molecule has 82 valence electrons. The van der Waals surface area contributed by atoms with Gasteiger partial charge in [0.2, 0.25) is 0 Å². The number of para-hydroxylation sites is 2. The van der Waals surface area contributed by atoms with Crippen LogP contribution in [0.15, 0.2) is 24.3 Å². The highest BCUT2D eigenvalue weighted by molar-refractivity contribution is 5.68. The minimum absolute atomic E-state index is 0.217. The molecular weight excluding hydrogens is 188 g/mol. The van der Waals surface area contributed by atoms with E-state index in [1.165, 1.54) is 0 Å². The van der Waals surface area contributed by atoms with Crippen LogP contribution in [0, 0.1) is 0 Å². The van der Waals surface area contributed by atoms with E-state index in [1.807, 2.05) is 31.2 Å². The Hall–Kier alpha value is -1.22. The van der Waals surface area contributed by atoms with Gasteiger partial charge in [-0.1, -0.05) is 12.1 Å². The Kier molecular flexibility index (Phi) is 2.82. The van der Waals surface area contributed by atoms with Gasteiger partial charge in [-0.15, -0.1) is 0 Å². The highest BCUT2D eigenvalue weighted by atomic mass is 16.3. The van der Waals surface area contributed by atoms with Gasteiger partial charge in [-0.3, -0.25) is 0 Å². The summed E-state index contributed by atoms with van der Waals surface area (Å²) in [5.41, 5.74) is 7.79. The van der Waals surface area contributed by atoms with Crippen LogP contribution in [0.3, 0.4) is 0 Å². The zero-order valence-corrected chi connectivity index (χ0v) is 9.06. The van der Waals surface area contributed by atoms with E-state index < -0.39 is 0 Å². The normalized spacial score (nSPS) is 23.1. The van der Waals surface area contributed by atoms with Crippen LogP contribution in [-0.2, 0) is 0 Å². The summed E-state index contributed by atoms with van der Waals surface area (Å²) in [5.74, 6) is 0. The quantitative estimate of drug-likeness (QED) is 0.723. The first kappa shape index (κ1) is 10.3. The molecule has 0 aromatic heterocycles. The summed E-state index contributed by atoms with van der Waals surface area (Å²) in [4.78, 5) is 2.22. The SMILES string of the molecule is C[C@@H](O)[C@@H]1CCCN1c1ccccc1N. The third-order valence-corrected chi connectivity index (χ3v) is 3.10. The summed E-state index contributed by atoms with van der Waals surface area (Å²) in [6.07, 6.45) is 1.88. The fourth-order valence-electron chi connectivity index (χ4n) is 2.34. The van der Waals surface area contributed by atoms with Crippen LogP contribution < -0.4 is 10.6 Å². The molecule has 3 N–H and O–H groups in total. The summed E-state index contributed by atoms with van der Waals surface area (Å²) in [6.45, 7) is 2.84. The minimum Gasteiger partial charge on any atom is -0.397 e. The van der Waals surface area contributed by atoms with Crippen molar-refractivity contribution in [1.82, 2.24) is 0 Å². The lowest BCUT2D eigenvalue weighted by atomic mass is 10.1. The van der Waals surface area contributed by atoms with E-state index in [0.29, 0.717) is 0 Å². The molecule has 0 aliphatic carbocycles. The Balaban J connectivity index is 2.27. The third kappa shape index (κ3) is 1.92. The van der Waals surface area contributed by atoms with E-state index >= 15 is 0 Å². The lowest BCUT2D eigenvalue weighted by Crippen LogP contribution is -2.37. The topological polar surface area (TPSA) is 49.5 Å². The molecule has 1 heterocycles. The molecule has 0 bridgehead atoms. The number of rotatable bonds is 2. The molecule has 1 aliphatic heterocycles. The molecule has 0 spiro atoms. The Labute approximate surface area is 90.5 Å². The number of hydrogen-bond donors (Lipinski definition) is 2. The second kappa shape index (κ2) is 4.11. The lowest BCUT2D eigenvalue weighted by Gasteiger charge is -2.29. The van der Waals surface area contributed by atoms with Crippen molar-refractivity contribution in [2.24, 2.45) is 0 Å². The second-order valence-corrected chi connectivity index (χ2v) is 4.20. The van der Waals surface area contributed by atoms with Crippen LogP contribution in [0.1, 0.15) is 19.8 Å². The van der Waals surface area contributed by atoms with Crippen molar-refractivity contribution in [2.75, 3.05) is 17.2 Å². The van der Waals surface area contributed by atoms with Gasteiger partial charge in [-0.05, 0) is 31.9 Å². The smallest absolute Gasteiger partial charge is 0.0715 e. The summed E-state index contributed by atoms with van der Waals surface area (Å²) in [5, 5.41) is 9.69.